The number of hydrogen-bond donors (Lipinski definition) is 2. The summed E-state index contributed by atoms with van der Waals surface area (Å²) in [5, 5.41) is 9.22. The summed E-state index contributed by atoms with van der Waals surface area (Å²) in [6, 6.07) is 5.90. The lowest BCUT2D eigenvalue weighted by Gasteiger charge is -2.38. The Labute approximate surface area is 136 Å². The summed E-state index contributed by atoms with van der Waals surface area (Å²) in [5.74, 6) is 0.306. The topological polar surface area (TPSA) is 41.1 Å². The van der Waals surface area contributed by atoms with E-state index in [-0.39, 0.29) is 5.41 Å². The Kier molecular flexibility index (Phi) is 3.99. The molecule has 2 atom stereocenters. The summed E-state index contributed by atoms with van der Waals surface area (Å²) >= 11 is 1.76. The highest BCUT2D eigenvalue weighted by Gasteiger charge is 2.43. The first-order valence-corrected chi connectivity index (χ1v) is 9.75. The van der Waals surface area contributed by atoms with E-state index in [1.165, 1.54) is 37.0 Å². The summed E-state index contributed by atoms with van der Waals surface area (Å²) in [5.41, 5.74) is -0.240. The molecule has 1 aromatic heterocycles. The molecule has 2 unspecified atom stereocenters. The zero-order valence-electron chi connectivity index (χ0n) is 13.1. The van der Waals surface area contributed by atoms with Gasteiger partial charge in [-0.15, -0.1) is 11.3 Å². The molecule has 4 heteroatoms. The molecule has 22 heavy (non-hydrogen) atoms. The van der Waals surface area contributed by atoms with Gasteiger partial charge in [0.15, 0.2) is 0 Å². The Balaban J connectivity index is 1.51. The molecule has 1 aliphatic carbocycles. The van der Waals surface area contributed by atoms with E-state index in [0.717, 1.165) is 25.7 Å². The third kappa shape index (κ3) is 2.61. The lowest BCUT2D eigenvalue weighted by atomic mass is 9.72. The van der Waals surface area contributed by atoms with Crippen LogP contribution in [0.4, 0.5) is 0 Å². The van der Waals surface area contributed by atoms with Crippen molar-refractivity contribution in [3.63, 3.8) is 0 Å². The largest absolute Gasteiger partial charge is 0.352 e. The predicted octanol–water partition coefficient (Wildman–Crippen LogP) is 3.35. The average molecular weight is 318 g/mol. The zero-order valence-corrected chi connectivity index (χ0v) is 14.0. The summed E-state index contributed by atoms with van der Waals surface area (Å²) in [4.78, 5) is 14.5. The van der Waals surface area contributed by atoms with Gasteiger partial charge in [-0.3, -0.25) is 4.79 Å². The highest BCUT2D eigenvalue weighted by atomic mass is 32.1. The van der Waals surface area contributed by atoms with Gasteiger partial charge in [0.05, 0.1) is 5.41 Å². The molecule has 2 bridgehead atoms. The number of carbonyl (C=O) groups excluding carboxylic acids is 1. The van der Waals surface area contributed by atoms with Crippen LogP contribution in [0.25, 0.3) is 0 Å². The van der Waals surface area contributed by atoms with E-state index < -0.39 is 0 Å². The number of nitrogens with one attached hydrogen (secondary N) is 2. The molecule has 0 spiro atoms. The van der Waals surface area contributed by atoms with E-state index in [9.17, 15) is 4.79 Å². The zero-order chi connectivity index (χ0) is 15.0. The molecule has 1 amide bonds. The Morgan fingerprint density at radius 1 is 1.18 bits per heavy atom. The number of piperidine rings is 1. The SMILES string of the molecule is O=C(NC1CC2CCC(C1)N2)C1(c2cccs2)CCCCC1. The van der Waals surface area contributed by atoms with Crippen LogP contribution >= 0.6 is 11.3 Å². The lowest BCUT2D eigenvalue weighted by molar-refractivity contribution is -0.129. The van der Waals surface area contributed by atoms with Crippen LogP contribution in [0.5, 0.6) is 0 Å². The average Bonchev–Trinajstić information content (AvgIpc) is 3.18. The van der Waals surface area contributed by atoms with Crippen molar-refractivity contribution >= 4 is 17.2 Å². The molecular formula is C18H26N2OS. The smallest absolute Gasteiger partial charge is 0.231 e. The van der Waals surface area contributed by atoms with Crippen LogP contribution in [0.15, 0.2) is 17.5 Å². The Hall–Kier alpha value is -0.870. The van der Waals surface area contributed by atoms with Gasteiger partial charge in [0.1, 0.15) is 0 Å². The summed E-state index contributed by atoms with van der Waals surface area (Å²) in [6.07, 6.45) is 10.5. The second-order valence-corrected chi connectivity index (χ2v) is 8.35. The third-order valence-electron chi connectivity index (χ3n) is 5.94. The van der Waals surface area contributed by atoms with Gasteiger partial charge in [-0.25, -0.2) is 0 Å². The molecule has 2 N–H and O–H groups in total. The number of amides is 1. The number of thiophene rings is 1. The third-order valence-corrected chi connectivity index (χ3v) is 7.02. The van der Waals surface area contributed by atoms with Crippen molar-refractivity contribution in [3.05, 3.63) is 22.4 Å². The van der Waals surface area contributed by atoms with Crippen molar-refractivity contribution in [2.75, 3.05) is 0 Å². The second-order valence-electron chi connectivity index (χ2n) is 7.40. The number of hydrogen-bond acceptors (Lipinski definition) is 3. The predicted molar refractivity (Wildman–Crippen MR) is 90.2 cm³/mol. The molecule has 0 radical (unpaired) electrons. The van der Waals surface area contributed by atoms with Crippen molar-refractivity contribution < 1.29 is 4.79 Å². The van der Waals surface area contributed by atoms with Crippen LogP contribution < -0.4 is 10.6 Å². The van der Waals surface area contributed by atoms with Gasteiger partial charge < -0.3 is 10.6 Å². The minimum absolute atomic E-state index is 0.240. The molecule has 1 saturated carbocycles. The molecule has 3 fully saturated rings. The van der Waals surface area contributed by atoms with Crippen molar-refractivity contribution in [2.45, 2.75) is 81.3 Å². The monoisotopic (exact) mass is 318 g/mol. The molecule has 0 aromatic carbocycles. The maximum Gasteiger partial charge on any atom is 0.231 e. The van der Waals surface area contributed by atoms with E-state index in [1.54, 1.807) is 11.3 Å². The Morgan fingerprint density at radius 2 is 1.91 bits per heavy atom. The van der Waals surface area contributed by atoms with Crippen LogP contribution in [-0.2, 0) is 10.2 Å². The molecule has 1 aromatic rings. The first-order valence-electron chi connectivity index (χ1n) is 8.87. The number of carbonyl (C=O) groups is 1. The van der Waals surface area contributed by atoms with Crippen molar-refractivity contribution in [2.24, 2.45) is 0 Å². The van der Waals surface area contributed by atoms with Crippen LogP contribution in [0, 0.1) is 0 Å². The molecule has 4 rings (SSSR count). The minimum atomic E-state index is -0.240. The summed E-state index contributed by atoms with van der Waals surface area (Å²) in [7, 11) is 0. The van der Waals surface area contributed by atoms with Crippen molar-refractivity contribution in [1.29, 1.82) is 0 Å². The van der Waals surface area contributed by atoms with E-state index in [2.05, 4.69) is 28.1 Å². The van der Waals surface area contributed by atoms with Gasteiger partial charge in [-0.05, 0) is 50.0 Å². The lowest BCUT2D eigenvalue weighted by Crippen LogP contribution is -2.53. The minimum Gasteiger partial charge on any atom is -0.352 e. The highest BCUT2D eigenvalue weighted by Crippen LogP contribution is 2.42. The molecular weight excluding hydrogens is 292 g/mol. The van der Waals surface area contributed by atoms with Crippen LogP contribution in [0.1, 0.15) is 62.7 Å². The summed E-state index contributed by atoms with van der Waals surface area (Å²) < 4.78 is 0. The molecule has 120 valence electrons. The van der Waals surface area contributed by atoms with Gasteiger partial charge in [-0.2, -0.15) is 0 Å². The van der Waals surface area contributed by atoms with Gasteiger partial charge in [0, 0.05) is 23.0 Å². The van der Waals surface area contributed by atoms with Gasteiger partial charge in [0.25, 0.3) is 0 Å². The van der Waals surface area contributed by atoms with Gasteiger partial charge in [0.2, 0.25) is 5.91 Å². The fraction of sp³-hybridized carbons (Fsp3) is 0.722. The first-order chi connectivity index (χ1) is 10.8. The molecule has 3 heterocycles. The first kappa shape index (κ1) is 14.7. The Morgan fingerprint density at radius 3 is 2.55 bits per heavy atom. The molecule has 3 aliphatic rings. The standard InChI is InChI=1S/C18H26N2OS/c21-17(20-15-11-13-6-7-14(12-15)19-13)18(8-2-1-3-9-18)16-5-4-10-22-16/h4-5,10,13-15,19H,1-3,6-9,11-12H2,(H,20,21). The number of rotatable bonds is 3. The van der Waals surface area contributed by atoms with Crippen LogP contribution in [0.3, 0.4) is 0 Å². The van der Waals surface area contributed by atoms with E-state index in [0.29, 0.717) is 24.0 Å². The molecule has 2 aliphatic heterocycles. The Bertz CT molecular complexity index is 509. The quantitative estimate of drug-likeness (QED) is 0.897. The van der Waals surface area contributed by atoms with Gasteiger partial charge >= 0.3 is 0 Å². The van der Waals surface area contributed by atoms with Crippen LogP contribution in [0.2, 0.25) is 0 Å². The van der Waals surface area contributed by atoms with Crippen molar-refractivity contribution in [3.8, 4) is 0 Å². The van der Waals surface area contributed by atoms with E-state index >= 15 is 0 Å². The van der Waals surface area contributed by atoms with E-state index in [4.69, 9.17) is 0 Å². The van der Waals surface area contributed by atoms with Crippen molar-refractivity contribution in [1.82, 2.24) is 10.6 Å². The van der Waals surface area contributed by atoms with E-state index in [1.807, 2.05) is 0 Å². The van der Waals surface area contributed by atoms with Crippen LogP contribution in [-0.4, -0.2) is 24.0 Å². The second kappa shape index (κ2) is 5.97. The summed E-state index contributed by atoms with van der Waals surface area (Å²) in [6.45, 7) is 0. The highest BCUT2D eigenvalue weighted by molar-refractivity contribution is 7.10. The molecule has 3 nitrogen and oxygen atoms in total. The normalized spacial score (nSPS) is 33.5. The fourth-order valence-corrected chi connectivity index (χ4v) is 5.77. The number of fused-ring (bicyclic) bond motifs is 2. The fourth-order valence-electron chi connectivity index (χ4n) is 4.79. The van der Waals surface area contributed by atoms with Gasteiger partial charge in [-0.1, -0.05) is 25.3 Å². The molecule has 2 saturated heterocycles. The maximum absolute atomic E-state index is 13.2. The maximum atomic E-state index is 13.2.